The molecule has 4 aliphatic heterocycles. The van der Waals surface area contributed by atoms with E-state index in [-0.39, 0.29) is 18.1 Å². The van der Waals surface area contributed by atoms with Gasteiger partial charge in [0.05, 0.1) is 34.5 Å². The Morgan fingerprint density at radius 2 is 1.77 bits per heavy atom. The van der Waals surface area contributed by atoms with E-state index < -0.39 is 81.9 Å². The van der Waals surface area contributed by atoms with Crippen molar-refractivity contribution in [3.8, 4) is 0 Å². The number of esters is 3. The molecule has 5 rings (SSSR count). The van der Waals surface area contributed by atoms with Gasteiger partial charge in [-0.3, -0.25) is 14.4 Å². The van der Waals surface area contributed by atoms with Gasteiger partial charge in [-0.15, -0.1) is 11.6 Å². The molecule has 5 aliphatic rings. The van der Waals surface area contributed by atoms with Gasteiger partial charge in [0.2, 0.25) is 0 Å². The summed E-state index contributed by atoms with van der Waals surface area (Å²) in [7, 11) is 0. The van der Waals surface area contributed by atoms with Crippen molar-refractivity contribution in [3.63, 3.8) is 0 Å². The lowest BCUT2D eigenvalue weighted by molar-refractivity contribution is -0.349. The number of carbonyl (C=O) groups is 3. The van der Waals surface area contributed by atoms with Gasteiger partial charge in [0.1, 0.15) is 17.8 Å². The molecule has 10 nitrogen and oxygen atoms in total. The topological polar surface area (TPSA) is 141 Å². The van der Waals surface area contributed by atoms with E-state index in [1.807, 2.05) is 6.92 Å². The molecule has 0 unspecified atom stereocenters. The van der Waals surface area contributed by atoms with Crippen LogP contribution in [0.25, 0.3) is 0 Å². The summed E-state index contributed by atoms with van der Waals surface area (Å²) in [5.41, 5.74) is -3.91. The highest BCUT2D eigenvalue weighted by molar-refractivity contribution is 6.23. The van der Waals surface area contributed by atoms with E-state index in [4.69, 9.17) is 35.3 Å². The molecule has 11 heteroatoms. The predicted molar refractivity (Wildman–Crippen MR) is 118 cm³/mol. The largest absolute Gasteiger partial charge is 0.462 e. The van der Waals surface area contributed by atoms with Crippen molar-refractivity contribution in [3.05, 3.63) is 12.2 Å². The van der Waals surface area contributed by atoms with Gasteiger partial charge >= 0.3 is 17.9 Å². The van der Waals surface area contributed by atoms with Crippen LogP contribution in [-0.2, 0) is 38.1 Å². The van der Waals surface area contributed by atoms with E-state index in [1.54, 1.807) is 13.8 Å². The van der Waals surface area contributed by atoms with E-state index in [2.05, 4.69) is 6.58 Å². The summed E-state index contributed by atoms with van der Waals surface area (Å²) in [5, 5.41) is 22.9. The standard InChI is InChI=1S/C24H31ClO10/c1-9-16(25)19-24(10(2)20(29)33-19)18(28)17-21(5,15(32-12(4)27)8-23(9,30)35-24)13(31-11(3)26)7-14-22(17,6)34-14/h10,13-19,28,30H,1,7-8H2,2-6H3/t10-,13-,14-,15-,16-,17+,18-,19-,21+,22-,23-,24+/m0/s1. The average Bonchev–Trinajstić information content (AvgIpc) is 3.33. The molecule has 1 spiro atoms. The van der Waals surface area contributed by atoms with Gasteiger partial charge < -0.3 is 33.9 Å². The third-order valence-electron chi connectivity index (χ3n) is 9.10. The molecule has 2 bridgehead atoms. The number of carbonyl (C=O) groups excluding carboxylic acids is 3. The minimum atomic E-state index is -2.18. The molecule has 1 saturated carbocycles. The van der Waals surface area contributed by atoms with Crippen LogP contribution >= 0.6 is 11.6 Å². The number of epoxide rings is 1. The molecule has 0 amide bonds. The normalized spacial score (nSPS) is 54.3. The quantitative estimate of drug-likeness (QED) is 0.180. The summed E-state index contributed by atoms with van der Waals surface area (Å²) in [4.78, 5) is 37.2. The van der Waals surface area contributed by atoms with Crippen molar-refractivity contribution >= 4 is 29.5 Å². The Balaban J connectivity index is 1.76. The van der Waals surface area contributed by atoms with Crippen LogP contribution in [0.5, 0.6) is 0 Å². The van der Waals surface area contributed by atoms with Crippen LogP contribution in [-0.4, -0.2) is 81.0 Å². The summed E-state index contributed by atoms with van der Waals surface area (Å²) in [6, 6.07) is 0. The second-order valence-corrected chi connectivity index (χ2v) is 11.4. The Kier molecular flexibility index (Phi) is 5.28. The molecule has 194 valence electrons. The molecule has 4 heterocycles. The number of rotatable bonds is 2. The Morgan fingerprint density at radius 1 is 1.17 bits per heavy atom. The highest BCUT2D eigenvalue weighted by Crippen LogP contribution is 2.67. The third kappa shape index (κ3) is 3.06. The van der Waals surface area contributed by atoms with Gasteiger partial charge in [-0.25, -0.2) is 0 Å². The molecule has 0 aromatic carbocycles. The lowest BCUT2D eigenvalue weighted by Crippen LogP contribution is -2.76. The zero-order chi connectivity index (χ0) is 25.9. The second-order valence-electron chi connectivity index (χ2n) is 11.0. The molecule has 12 atom stereocenters. The number of hydrogen-bond acceptors (Lipinski definition) is 10. The van der Waals surface area contributed by atoms with Crippen molar-refractivity contribution in [2.24, 2.45) is 17.3 Å². The van der Waals surface area contributed by atoms with Crippen LogP contribution in [0, 0.1) is 17.3 Å². The fourth-order valence-electron chi connectivity index (χ4n) is 7.23. The number of ether oxygens (including phenoxy) is 5. The maximum Gasteiger partial charge on any atom is 0.312 e. The minimum Gasteiger partial charge on any atom is -0.462 e. The van der Waals surface area contributed by atoms with Crippen LogP contribution in [0.3, 0.4) is 0 Å². The van der Waals surface area contributed by atoms with Crippen LogP contribution in [0.2, 0.25) is 0 Å². The SMILES string of the molecule is C=C1[C@H](Cl)[C@@H]2OC(=O)[C@H](C)[C@]23O[C@@]1(O)C[C@H](OC(C)=O)[C@@]1(C)[C@@H](OC(C)=O)C[C@@H]2O[C@]2(C)[C@@H]1[C@@H]3O. The summed E-state index contributed by atoms with van der Waals surface area (Å²) in [5.74, 6) is -5.87. The van der Waals surface area contributed by atoms with Crippen molar-refractivity contribution < 1.29 is 48.3 Å². The first-order valence-corrected chi connectivity index (χ1v) is 12.2. The number of alkyl halides is 1. The molecule has 2 N–H and O–H groups in total. The number of aliphatic hydroxyl groups is 2. The van der Waals surface area contributed by atoms with E-state index in [0.29, 0.717) is 6.42 Å². The maximum atomic E-state index is 12.8. The summed E-state index contributed by atoms with van der Waals surface area (Å²) < 4.78 is 29.4. The smallest absolute Gasteiger partial charge is 0.312 e. The van der Waals surface area contributed by atoms with Crippen LogP contribution in [0.15, 0.2) is 12.2 Å². The molecule has 35 heavy (non-hydrogen) atoms. The van der Waals surface area contributed by atoms with Gasteiger partial charge in [-0.2, -0.15) is 0 Å². The van der Waals surface area contributed by atoms with Gasteiger partial charge in [-0.05, 0) is 13.8 Å². The number of fused-ring (bicyclic) bond motifs is 4. The van der Waals surface area contributed by atoms with Gasteiger partial charge in [0.15, 0.2) is 11.9 Å². The summed E-state index contributed by atoms with van der Waals surface area (Å²) in [6.07, 6.45) is -4.95. The fourth-order valence-corrected chi connectivity index (χ4v) is 7.65. The first kappa shape index (κ1) is 25.0. The number of aliphatic hydroxyl groups excluding tert-OH is 1. The summed E-state index contributed by atoms with van der Waals surface area (Å²) >= 11 is 6.68. The lowest BCUT2D eigenvalue weighted by Gasteiger charge is -2.61. The van der Waals surface area contributed by atoms with Crippen molar-refractivity contribution in [1.82, 2.24) is 0 Å². The molecule has 0 aromatic heterocycles. The Labute approximate surface area is 207 Å². The molecular formula is C24H31ClO10. The molecule has 4 saturated heterocycles. The minimum absolute atomic E-state index is 0.0136. The zero-order valence-electron chi connectivity index (χ0n) is 20.3. The Bertz CT molecular complexity index is 1020. The zero-order valence-corrected chi connectivity index (χ0v) is 21.0. The molecule has 0 radical (unpaired) electrons. The van der Waals surface area contributed by atoms with Crippen LogP contribution < -0.4 is 0 Å². The van der Waals surface area contributed by atoms with Crippen molar-refractivity contribution in [2.45, 2.75) is 100 Å². The highest BCUT2D eigenvalue weighted by atomic mass is 35.5. The summed E-state index contributed by atoms with van der Waals surface area (Å²) in [6.45, 7) is 11.5. The third-order valence-corrected chi connectivity index (χ3v) is 9.59. The van der Waals surface area contributed by atoms with Gasteiger partial charge in [0, 0.05) is 38.2 Å². The van der Waals surface area contributed by atoms with E-state index in [1.165, 1.54) is 13.8 Å². The van der Waals surface area contributed by atoms with Crippen molar-refractivity contribution in [1.29, 1.82) is 0 Å². The highest BCUT2D eigenvalue weighted by Gasteiger charge is 2.81. The predicted octanol–water partition coefficient (Wildman–Crippen LogP) is 0.981. The van der Waals surface area contributed by atoms with E-state index >= 15 is 0 Å². The fraction of sp³-hybridized carbons (Fsp3) is 0.792. The molecule has 5 fully saturated rings. The first-order valence-electron chi connectivity index (χ1n) is 11.8. The van der Waals surface area contributed by atoms with E-state index in [9.17, 15) is 24.6 Å². The van der Waals surface area contributed by atoms with Gasteiger partial charge in [-0.1, -0.05) is 13.5 Å². The van der Waals surface area contributed by atoms with E-state index in [0.717, 1.165) is 0 Å². The Morgan fingerprint density at radius 3 is 2.37 bits per heavy atom. The first-order chi connectivity index (χ1) is 16.1. The van der Waals surface area contributed by atoms with Crippen LogP contribution in [0.4, 0.5) is 0 Å². The monoisotopic (exact) mass is 514 g/mol. The second kappa shape index (κ2) is 7.41. The van der Waals surface area contributed by atoms with Gasteiger partial charge in [0.25, 0.3) is 0 Å². The molecular weight excluding hydrogens is 484 g/mol. The molecule has 0 aromatic rings. The molecule has 1 aliphatic carbocycles. The Hall–Kier alpha value is -1.72. The maximum absolute atomic E-state index is 12.8. The lowest BCUT2D eigenvalue weighted by atomic mass is 9.51. The number of hydrogen-bond donors (Lipinski definition) is 2. The van der Waals surface area contributed by atoms with Crippen molar-refractivity contribution in [2.75, 3.05) is 0 Å². The van der Waals surface area contributed by atoms with Crippen LogP contribution in [0.1, 0.15) is 47.5 Å². The number of halogens is 1. The average molecular weight is 515 g/mol.